The van der Waals surface area contributed by atoms with Crippen molar-refractivity contribution in [3.63, 3.8) is 0 Å². The van der Waals surface area contributed by atoms with Gasteiger partial charge >= 0.3 is 0 Å². The van der Waals surface area contributed by atoms with E-state index in [4.69, 9.17) is 23.7 Å². The fourth-order valence-corrected chi connectivity index (χ4v) is 4.41. The van der Waals surface area contributed by atoms with Gasteiger partial charge in [-0.1, -0.05) is 91.0 Å². The number of Topliss-reactive ketones (excluding diaryl/α,β-unsaturated/α-hetero) is 1. The maximum atomic E-state index is 13.5. The second kappa shape index (κ2) is 11.0. The topological polar surface area (TPSA) is 63.2 Å². The highest BCUT2D eigenvalue weighted by Gasteiger charge is 2.56. The average Bonchev–Trinajstić information content (AvgIpc) is 2.89. The molecule has 0 spiro atoms. The quantitative estimate of drug-likeness (QED) is 0.480. The van der Waals surface area contributed by atoms with Crippen LogP contribution in [0.2, 0.25) is 0 Å². The summed E-state index contributed by atoms with van der Waals surface area (Å²) in [7, 11) is 0. The van der Waals surface area contributed by atoms with Crippen LogP contribution in [0, 0.1) is 0 Å². The Labute approximate surface area is 199 Å². The van der Waals surface area contributed by atoms with Gasteiger partial charge < -0.3 is 23.7 Å². The van der Waals surface area contributed by atoms with Crippen LogP contribution in [-0.4, -0.2) is 43.1 Å². The van der Waals surface area contributed by atoms with Gasteiger partial charge in [-0.15, -0.1) is 0 Å². The van der Waals surface area contributed by atoms with Gasteiger partial charge in [-0.25, -0.2) is 0 Å². The Bertz CT molecular complexity index is 981. The van der Waals surface area contributed by atoms with Crippen LogP contribution in [0.1, 0.15) is 16.7 Å². The van der Waals surface area contributed by atoms with E-state index in [1.54, 1.807) is 0 Å². The van der Waals surface area contributed by atoms with E-state index in [-0.39, 0.29) is 12.6 Å². The molecule has 0 radical (unpaired) electrons. The van der Waals surface area contributed by atoms with Crippen LogP contribution < -0.4 is 0 Å². The molecule has 1 saturated carbocycles. The SMILES string of the molecule is O=C1C(OCc2ccccc2)C2OCO[C@H](C1OCc1ccccc1)C2OCc1ccccc1. The van der Waals surface area contributed by atoms with Crippen LogP contribution >= 0.6 is 0 Å². The zero-order valence-corrected chi connectivity index (χ0v) is 18.8. The molecule has 5 atom stereocenters. The first-order chi connectivity index (χ1) is 16.8. The standard InChI is InChI=1S/C28H28O6/c29-23-24(30-16-20-10-4-1-5-11-20)26-28(32-18-22-14-8-3-9-15-22)27(34-19-33-26)25(23)31-17-21-12-6-2-7-13-21/h1-15,24-28H,16-19H2/t24?,25?,26-,27?,28?/m1/s1. The van der Waals surface area contributed by atoms with Crippen molar-refractivity contribution >= 4 is 5.78 Å². The van der Waals surface area contributed by atoms with Crippen molar-refractivity contribution in [3.05, 3.63) is 108 Å². The Morgan fingerprint density at radius 3 is 1.38 bits per heavy atom. The lowest BCUT2D eigenvalue weighted by Crippen LogP contribution is -2.67. The van der Waals surface area contributed by atoms with E-state index in [1.165, 1.54) is 0 Å². The summed E-state index contributed by atoms with van der Waals surface area (Å²) < 4.78 is 30.3. The number of rotatable bonds is 9. The van der Waals surface area contributed by atoms with Gasteiger partial charge in [0.2, 0.25) is 0 Å². The fourth-order valence-electron chi connectivity index (χ4n) is 4.41. The number of carbonyl (C=O) groups is 1. The predicted octanol–water partition coefficient (Wildman–Crippen LogP) is 4.07. The maximum absolute atomic E-state index is 13.5. The van der Waals surface area contributed by atoms with Crippen LogP contribution in [0.3, 0.4) is 0 Å². The molecule has 1 saturated heterocycles. The minimum atomic E-state index is -0.818. The summed E-state index contributed by atoms with van der Waals surface area (Å²) in [5, 5.41) is 0. The molecule has 3 aromatic rings. The van der Waals surface area contributed by atoms with Crippen molar-refractivity contribution in [3.8, 4) is 0 Å². The Morgan fingerprint density at radius 1 is 0.588 bits per heavy atom. The molecular weight excluding hydrogens is 432 g/mol. The zero-order valence-electron chi connectivity index (χ0n) is 18.8. The van der Waals surface area contributed by atoms with E-state index in [9.17, 15) is 4.79 Å². The summed E-state index contributed by atoms with van der Waals surface area (Å²) >= 11 is 0. The molecule has 34 heavy (non-hydrogen) atoms. The summed E-state index contributed by atoms with van der Waals surface area (Å²) in [6.07, 6.45) is -3.29. The highest BCUT2D eigenvalue weighted by atomic mass is 16.7. The second-order valence-corrected chi connectivity index (χ2v) is 8.48. The largest absolute Gasteiger partial charge is 0.368 e. The summed E-state index contributed by atoms with van der Waals surface area (Å²) in [5.41, 5.74) is 2.99. The van der Waals surface area contributed by atoms with E-state index >= 15 is 0 Å². The van der Waals surface area contributed by atoms with Crippen LogP contribution in [-0.2, 0) is 48.3 Å². The molecule has 1 aliphatic carbocycles. The van der Waals surface area contributed by atoms with E-state index in [0.717, 1.165) is 16.7 Å². The summed E-state index contributed by atoms with van der Waals surface area (Å²) in [6, 6.07) is 29.4. The maximum Gasteiger partial charge on any atom is 0.195 e. The molecule has 0 aromatic heterocycles. The molecule has 6 nitrogen and oxygen atoms in total. The summed E-state index contributed by atoms with van der Waals surface area (Å²) in [5.74, 6) is -0.180. The number of ketones is 1. The van der Waals surface area contributed by atoms with Gasteiger partial charge in [-0.3, -0.25) is 4.79 Å². The lowest BCUT2D eigenvalue weighted by atomic mass is 9.84. The second-order valence-electron chi connectivity index (χ2n) is 8.48. The van der Waals surface area contributed by atoms with Crippen molar-refractivity contribution in [1.29, 1.82) is 0 Å². The van der Waals surface area contributed by atoms with Crippen molar-refractivity contribution < 1.29 is 28.5 Å². The third kappa shape index (κ3) is 5.27. The van der Waals surface area contributed by atoms with Crippen LogP contribution in [0.4, 0.5) is 0 Å². The fraction of sp³-hybridized carbons (Fsp3) is 0.321. The Morgan fingerprint density at radius 2 is 0.971 bits per heavy atom. The van der Waals surface area contributed by atoms with E-state index in [2.05, 4.69) is 0 Å². The van der Waals surface area contributed by atoms with Gasteiger partial charge in [0.1, 0.15) is 37.3 Å². The molecule has 6 heteroatoms. The Hall–Kier alpha value is -2.87. The third-order valence-electron chi connectivity index (χ3n) is 6.16. The van der Waals surface area contributed by atoms with Crippen molar-refractivity contribution in [2.45, 2.75) is 50.3 Å². The molecule has 2 bridgehead atoms. The monoisotopic (exact) mass is 460 g/mol. The highest BCUT2D eigenvalue weighted by Crippen LogP contribution is 2.34. The molecule has 5 rings (SSSR count). The Balaban J connectivity index is 1.36. The number of hydrogen-bond acceptors (Lipinski definition) is 6. The minimum Gasteiger partial charge on any atom is -0.368 e. The lowest BCUT2D eigenvalue weighted by Gasteiger charge is -2.47. The van der Waals surface area contributed by atoms with Crippen molar-refractivity contribution in [1.82, 2.24) is 0 Å². The molecule has 1 aliphatic heterocycles. The Kier molecular flexibility index (Phi) is 7.43. The van der Waals surface area contributed by atoms with E-state index in [0.29, 0.717) is 19.8 Å². The molecule has 3 aromatic carbocycles. The van der Waals surface area contributed by atoms with Gasteiger partial charge in [0.05, 0.1) is 19.8 Å². The van der Waals surface area contributed by atoms with Gasteiger partial charge in [0.25, 0.3) is 0 Å². The van der Waals surface area contributed by atoms with E-state index < -0.39 is 30.5 Å². The molecular formula is C28H28O6. The molecule has 2 aliphatic rings. The molecule has 4 unspecified atom stereocenters. The number of benzene rings is 3. The van der Waals surface area contributed by atoms with Gasteiger partial charge in [-0.05, 0) is 16.7 Å². The first kappa shape index (κ1) is 22.9. The molecule has 176 valence electrons. The van der Waals surface area contributed by atoms with Gasteiger partial charge in [0, 0.05) is 0 Å². The zero-order chi connectivity index (χ0) is 23.2. The number of hydrogen-bond donors (Lipinski definition) is 0. The minimum absolute atomic E-state index is 0.0597. The summed E-state index contributed by atoms with van der Waals surface area (Å²) in [6.45, 7) is 1.01. The normalized spacial score (nSPS) is 26.4. The van der Waals surface area contributed by atoms with Crippen molar-refractivity contribution in [2.24, 2.45) is 0 Å². The summed E-state index contributed by atoms with van der Waals surface area (Å²) in [4.78, 5) is 13.5. The van der Waals surface area contributed by atoms with Crippen molar-refractivity contribution in [2.75, 3.05) is 6.79 Å². The molecule has 2 fully saturated rings. The average molecular weight is 461 g/mol. The van der Waals surface area contributed by atoms with Crippen LogP contribution in [0.25, 0.3) is 0 Å². The van der Waals surface area contributed by atoms with Gasteiger partial charge in [-0.2, -0.15) is 0 Å². The van der Waals surface area contributed by atoms with Crippen LogP contribution in [0.5, 0.6) is 0 Å². The number of ether oxygens (including phenoxy) is 5. The highest BCUT2D eigenvalue weighted by molar-refractivity contribution is 5.90. The number of fused-ring (bicyclic) bond motifs is 2. The van der Waals surface area contributed by atoms with Gasteiger partial charge in [0.15, 0.2) is 5.78 Å². The molecule has 0 amide bonds. The first-order valence-electron chi connectivity index (χ1n) is 11.5. The number of carbonyl (C=O) groups excluding carboxylic acids is 1. The third-order valence-corrected chi connectivity index (χ3v) is 6.16. The van der Waals surface area contributed by atoms with E-state index in [1.807, 2.05) is 91.0 Å². The van der Waals surface area contributed by atoms with Crippen LogP contribution in [0.15, 0.2) is 91.0 Å². The first-order valence-corrected chi connectivity index (χ1v) is 11.5. The predicted molar refractivity (Wildman–Crippen MR) is 125 cm³/mol. The lowest BCUT2D eigenvalue weighted by molar-refractivity contribution is -0.301. The molecule has 0 N–H and O–H groups in total. The smallest absolute Gasteiger partial charge is 0.195 e. The molecule has 1 heterocycles.